The first-order valence-corrected chi connectivity index (χ1v) is 0.873. The van der Waals surface area contributed by atoms with Crippen LogP contribution in [0.3, 0.4) is 0 Å². The molecule has 34 valence electrons. The van der Waals surface area contributed by atoms with Gasteiger partial charge in [0.05, 0.1) is 0 Å². The fraction of sp³-hybridized carbons (Fsp3) is 0. The molecule has 0 rings (SSSR count). The zero-order chi connectivity index (χ0) is 4.50. The summed E-state index contributed by atoms with van der Waals surface area (Å²) in [6.07, 6.45) is 0. The van der Waals surface area contributed by atoms with Crippen LogP contribution < -0.4 is 18.9 Å². The first-order chi connectivity index (χ1) is 2.00. The van der Waals surface area contributed by atoms with Crippen molar-refractivity contribution in [2.75, 3.05) is 0 Å². The van der Waals surface area contributed by atoms with Crippen molar-refractivity contribution < 1.29 is 39.0 Å². The van der Waals surface area contributed by atoms with Crippen LogP contribution >= 0.6 is 0 Å². The third kappa shape index (κ3) is 343. The fourth-order valence-electron chi connectivity index (χ4n) is 0. The van der Waals surface area contributed by atoms with Crippen LogP contribution in [-0.2, 0) is 0 Å². The van der Waals surface area contributed by atoms with Gasteiger partial charge in [-0.15, -0.1) is 0 Å². The van der Waals surface area contributed by atoms with Crippen molar-refractivity contribution in [3.05, 3.63) is 0 Å². The average molecular weight is 95.8 g/mol. The molecule has 0 atom stereocenters. The molecule has 0 saturated carbocycles. The largest absolute Gasteiger partial charge is 1.00 e. The van der Waals surface area contributed by atoms with Gasteiger partial charge in [0.15, 0.2) is 0 Å². The topological polar surface area (TPSA) is 0 Å². The molecule has 0 fully saturated rings. The van der Waals surface area contributed by atoms with Gasteiger partial charge in [-0.3, -0.25) is 0 Å². The Morgan fingerprint density at radius 3 is 1.17 bits per heavy atom. The Kier molecular flexibility index (Phi) is 4.07. The first-order valence-electron chi connectivity index (χ1n) is 0.873. The van der Waals surface area contributed by atoms with Crippen LogP contribution in [0, 0.1) is 0 Å². The van der Waals surface area contributed by atoms with Crippen molar-refractivity contribution in [1.82, 2.24) is 0 Å². The predicted molar refractivity (Wildman–Crippen MR) is 12.4 cm³/mol. The van der Waals surface area contributed by atoms with Gasteiger partial charge in [0.1, 0.15) is 0 Å². The average Bonchev–Trinajstić information content (AvgIpc) is 0.722. The molecular formula is H2BF4Li. The molecule has 0 saturated heterocycles. The third-order valence-electron chi connectivity index (χ3n) is 0. The van der Waals surface area contributed by atoms with Gasteiger partial charge >= 0.3 is 27.5 Å². The van der Waals surface area contributed by atoms with Crippen molar-refractivity contribution >= 4 is 7.25 Å². The van der Waals surface area contributed by atoms with Gasteiger partial charge in [0.2, 0.25) is 0 Å². The van der Waals surface area contributed by atoms with Crippen LogP contribution in [0.15, 0.2) is 0 Å². The number of hydrogen-bond donors (Lipinski definition) is 0. The second kappa shape index (κ2) is 2.54. The monoisotopic (exact) mass is 96.0 g/mol. The molecular weight excluding hydrogens is 93.7 g/mol. The summed E-state index contributed by atoms with van der Waals surface area (Å²) in [6.45, 7) is 0. The summed E-state index contributed by atoms with van der Waals surface area (Å²) in [6, 6.07) is 0. The molecule has 0 N–H and O–H groups in total. The molecule has 0 aromatic rings. The minimum Gasteiger partial charge on any atom is -1.00 e. The summed E-state index contributed by atoms with van der Waals surface area (Å²) in [4.78, 5) is 0. The maximum atomic E-state index is 9.75. The van der Waals surface area contributed by atoms with E-state index in [9.17, 15) is 17.3 Å². The van der Waals surface area contributed by atoms with Crippen molar-refractivity contribution in [1.29, 1.82) is 0 Å². The molecule has 0 aliphatic heterocycles. The first kappa shape index (κ1) is 9.63. The van der Waals surface area contributed by atoms with E-state index in [1.54, 1.807) is 0 Å². The minimum atomic E-state index is -6.00. The van der Waals surface area contributed by atoms with Gasteiger partial charge in [0.25, 0.3) is 0 Å². The summed E-state index contributed by atoms with van der Waals surface area (Å²) >= 11 is 0. The van der Waals surface area contributed by atoms with E-state index in [2.05, 4.69) is 0 Å². The Bertz CT molecular complexity index is 29.5. The summed E-state index contributed by atoms with van der Waals surface area (Å²) < 4.78 is 39.0. The minimum absolute atomic E-state index is 0. The van der Waals surface area contributed by atoms with Crippen molar-refractivity contribution in [2.45, 2.75) is 0 Å². The van der Waals surface area contributed by atoms with E-state index in [-0.39, 0.29) is 21.7 Å². The molecule has 0 unspecified atom stereocenters. The number of halogens is 4. The van der Waals surface area contributed by atoms with Crippen LogP contribution in [0.5, 0.6) is 0 Å². The summed E-state index contributed by atoms with van der Waals surface area (Å²) in [5, 5.41) is 0. The molecule has 0 aromatic carbocycles. The molecule has 0 aliphatic carbocycles. The molecule has 0 heterocycles. The van der Waals surface area contributed by atoms with Gasteiger partial charge in [-0.1, -0.05) is 0 Å². The SMILES string of the molecule is F[B-](F)(F)F.[H+].[H-].[Li+]. The number of rotatable bonds is 0. The van der Waals surface area contributed by atoms with Crippen molar-refractivity contribution in [2.24, 2.45) is 0 Å². The van der Waals surface area contributed by atoms with Crippen molar-refractivity contribution in [3.8, 4) is 0 Å². The maximum Gasteiger partial charge on any atom is 1.00 e. The molecule has 0 nitrogen and oxygen atoms in total. The van der Waals surface area contributed by atoms with Gasteiger partial charge in [-0.05, 0) is 0 Å². The van der Waals surface area contributed by atoms with Crippen LogP contribution in [0.1, 0.15) is 2.85 Å². The van der Waals surface area contributed by atoms with E-state index >= 15 is 0 Å². The zero-order valence-corrected chi connectivity index (χ0v) is 3.09. The molecule has 6 heteroatoms. The molecule has 0 radical (unpaired) electrons. The second-order valence-electron chi connectivity index (χ2n) is 0.495. The molecule has 0 amide bonds. The van der Waals surface area contributed by atoms with E-state index in [1.807, 2.05) is 0 Å². The van der Waals surface area contributed by atoms with Gasteiger partial charge in [-0.2, -0.15) is 0 Å². The predicted octanol–water partition coefficient (Wildman–Crippen LogP) is -1.47. The Hall–Kier alpha value is 0.382. The van der Waals surface area contributed by atoms with Gasteiger partial charge in [0, 0.05) is 0 Å². The van der Waals surface area contributed by atoms with E-state index in [4.69, 9.17) is 0 Å². The molecule has 6 heavy (non-hydrogen) atoms. The standard InChI is InChI=1S/BF4.Li.H/c2-1(3,4)5;;/q-1;+1;-1/p+1. The van der Waals surface area contributed by atoms with E-state index < -0.39 is 7.25 Å². The Balaban J connectivity index is -0.0000000267. The van der Waals surface area contributed by atoms with Crippen LogP contribution in [-0.4, -0.2) is 7.25 Å². The van der Waals surface area contributed by atoms with Gasteiger partial charge < -0.3 is 18.7 Å². The smallest absolute Gasteiger partial charge is 1.00 e. The quantitative estimate of drug-likeness (QED) is 0.255. The molecule has 0 bridgehead atoms. The Morgan fingerprint density at radius 1 is 1.17 bits per heavy atom. The third-order valence-corrected chi connectivity index (χ3v) is 0. The van der Waals surface area contributed by atoms with Gasteiger partial charge in [-0.25, -0.2) is 0 Å². The fourth-order valence-corrected chi connectivity index (χ4v) is 0. The van der Waals surface area contributed by atoms with Crippen LogP contribution in [0.4, 0.5) is 17.3 Å². The summed E-state index contributed by atoms with van der Waals surface area (Å²) in [5.74, 6) is 0. The summed E-state index contributed by atoms with van der Waals surface area (Å²) in [7, 11) is -6.00. The molecule has 0 aliphatic rings. The summed E-state index contributed by atoms with van der Waals surface area (Å²) in [5.41, 5.74) is 0. The maximum absolute atomic E-state index is 9.75. The molecule has 0 aromatic heterocycles. The van der Waals surface area contributed by atoms with Crippen LogP contribution in [0.2, 0.25) is 0 Å². The van der Waals surface area contributed by atoms with E-state index in [1.165, 1.54) is 0 Å². The van der Waals surface area contributed by atoms with E-state index in [0.29, 0.717) is 0 Å². The zero-order valence-electron chi connectivity index (χ0n) is 5.09. The Morgan fingerprint density at radius 2 is 1.17 bits per heavy atom. The molecule has 0 spiro atoms. The normalized spacial score (nSPS) is 10.0. The van der Waals surface area contributed by atoms with Crippen molar-refractivity contribution in [3.63, 3.8) is 0 Å². The second-order valence-corrected chi connectivity index (χ2v) is 0.495. The number of hydrogen-bond acceptors (Lipinski definition) is 0. The van der Waals surface area contributed by atoms with E-state index in [0.717, 1.165) is 0 Å². The van der Waals surface area contributed by atoms with Crippen LogP contribution in [0.25, 0.3) is 0 Å². The Labute approximate surface area is 47.2 Å².